The summed E-state index contributed by atoms with van der Waals surface area (Å²) in [6, 6.07) is -0.525. The number of ether oxygens (including phenoxy) is 1. The zero-order valence-electron chi connectivity index (χ0n) is 9.59. The highest BCUT2D eigenvalue weighted by Crippen LogP contribution is 2.41. The van der Waals surface area contributed by atoms with Crippen molar-refractivity contribution in [2.75, 3.05) is 13.7 Å². The highest BCUT2D eigenvalue weighted by Gasteiger charge is 2.52. The molecule has 2 fully saturated rings. The van der Waals surface area contributed by atoms with E-state index in [-0.39, 0.29) is 5.91 Å². The Bertz CT molecular complexity index is 367. The lowest BCUT2D eigenvalue weighted by Gasteiger charge is -2.22. The first-order valence-corrected chi connectivity index (χ1v) is 5.67. The van der Waals surface area contributed by atoms with Crippen LogP contribution < -0.4 is 0 Å². The lowest BCUT2D eigenvalue weighted by Crippen LogP contribution is -2.42. The summed E-state index contributed by atoms with van der Waals surface area (Å²) in [6.45, 7) is 0.515. The number of methoxy groups -OCH3 is 1. The third kappa shape index (κ3) is 2.11. The van der Waals surface area contributed by atoms with Crippen molar-refractivity contribution in [1.82, 2.24) is 4.90 Å². The summed E-state index contributed by atoms with van der Waals surface area (Å²) in [6.07, 6.45) is 1.75. The molecular weight excluding hydrogens is 226 g/mol. The standard InChI is InChI=1S/C11H15NO5/c1-17-11(16)8-3-2-4-12(8)9(13)6-5-7(6)10(14)15/h6-8H,2-5H2,1H3,(H,14,15)/t6-,7+,8?/m1/s1. The number of esters is 1. The van der Waals surface area contributed by atoms with Gasteiger partial charge in [0.25, 0.3) is 0 Å². The predicted molar refractivity (Wildman–Crippen MR) is 56.0 cm³/mol. The van der Waals surface area contributed by atoms with E-state index < -0.39 is 29.8 Å². The maximum absolute atomic E-state index is 12.0. The van der Waals surface area contributed by atoms with Crippen LogP contribution in [0.1, 0.15) is 19.3 Å². The van der Waals surface area contributed by atoms with Gasteiger partial charge in [-0.2, -0.15) is 0 Å². The highest BCUT2D eigenvalue weighted by atomic mass is 16.5. The molecule has 1 unspecified atom stereocenters. The molecule has 1 heterocycles. The van der Waals surface area contributed by atoms with Crippen LogP contribution in [0.2, 0.25) is 0 Å². The van der Waals surface area contributed by atoms with Crippen molar-refractivity contribution in [3.05, 3.63) is 0 Å². The molecule has 1 N–H and O–H groups in total. The molecule has 17 heavy (non-hydrogen) atoms. The molecule has 1 amide bonds. The number of carbonyl (C=O) groups is 3. The number of hydrogen-bond donors (Lipinski definition) is 1. The van der Waals surface area contributed by atoms with Gasteiger partial charge in [-0.3, -0.25) is 9.59 Å². The average molecular weight is 241 g/mol. The topological polar surface area (TPSA) is 83.9 Å². The van der Waals surface area contributed by atoms with Gasteiger partial charge in [0.2, 0.25) is 5.91 Å². The zero-order chi connectivity index (χ0) is 12.6. The van der Waals surface area contributed by atoms with Crippen molar-refractivity contribution < 1.29 is 24.2 Å². The fourth-order valence-corrected chi connectivity index (χ4v) is 2.37. The van der Waals surface area contributed by atoms with Gasteiger partial charge in [-0.15, -0.1) is 0 Å². The molecule has 1 saturated carbocycles. The van der Waals surface area contributed by atoms with E-state index in [4.69, 9.17) is 5.11 Å². The minimum absolute atomic E-state index is 0.217. The summed E-state index contributed by atoms with van der Waals surface area (Å²) in [5.74, 6) is -2.58. The minimum atomic E-state index is -0.933. The largest absolute Gasteiger partial charge is 0.481 e. The van der Waals surface area contributed by atoms with Gasteiger partial charge < -0.3 is 14.7 Å². The van der Waals surface area contributed by atoms with E-state index in [0.717, 1.165) is 6.42 Å². The number of carbonyl (C=O) groups excluding carboxylic acids is 2. The summed E-state index contributed by atoms with van der Waals surface area (Å²) < 4.78 is 4.64. The molecule has 0 spiro atoms. The SMILES string of the molecule is COC(=O)C1CCCN1C(=O)[C@@H]1C[C@@H]1C(=O)O. The van der Waals surface area contributed by atoms with Crippen LogP contribution in [-0.4, -0.2) is 47.5 Å². The molecule has 3 atom stereocenters. The average Bonchev–Trinajstić information content (AvgIpc) is 2.97. The Hall–Kier alpha value is -1.59. The number of nitrogens with zero attached hydrogens (tertiary/aromatic N) is 1. The molecular formula is C11H15NO5. The summed E-state index contributed by atoms with van der Waals surface area (Å²) in [5.41, 5.74) is 0. The van der Waals surface area contributed by atoms with Gasteiger partial charge in [-0.1, -0.05) is 0 Å². The van der Waals surface area contributed by atoms with Crippen LogP contribution in [0.15, 0.2) is 0 Å². The van der Waals surface area contributed by atoms with Crippen LogP contribution in [0.25, 0.3) is 0 Å². The molecule has 0 radical (unpaired) electrons. The van der Waals surface area contributed by atoms with Crippen molar-refractivity contribution >= 4 is 17.8 Å². The second-order valence-electron chi connectivity index (χ2n) is 4.50. The zero-order valence-corrected chi connectivity index (χ0v) is 9.59. The van der Waals surface area contributed by atoms with E-state index in [2.05, 4.69) is 4.74 Å². The van der Waals surface area contributed by atoms with Crippen LogP contribution in [0.4, 0.5) is 0 Å². The minimum Gasteiger partial charge on any atom is -0.481 e. The van der Waals surface area contributed by atoms with Crippen LogP contribution in [0.3, 0.4) is 0 Å². The summed E-state index contributed by atoms with van der Waals surface area (Å²) in [4.78, 5) is 35.6. The Kier molecular flexibility index (Phi) is 3.04. The van der Waals surface area contributed by atoms with Crippen LogP contribution >= 0.6 is 0 Å². The Morgan fingerprint density at radius 2 is 2.00 bits per heavy atom. The molecule has 1 saturated heterocycles. The number of carboxylic acids is 1. The molecule has 6 nitrogen and oxygen atoms in total. The molecule has 1 aliphatic carbocycles. The van der Waals surface area contributed by atoms with Gasteiger partial charge >= 0.3 is 11.9 Å². The van der Waals surface area contributed by atoms with E-state index in [1.54, 1.807) is 0 Å². The lowest BCUT2D eigenvalue weighted by molar-refractivity contribution is -0.151. The number of likely N-dealkylation sites (tertiary alicyclic amines) is 1. The molecule has 0 aromatic carbocycles. The van der Waals surface area contributed by atoms with E-state index in [1.807, 2.05) is 0 Å². The Morgan fingerprint density at radius 1 is 1.29 bits per heavy atom. The molecule has 0 bridgehead atoms. The normalized spacial score (nSPS) is 31.1. The number of aliphatic carboxylic acids is 1. The number of rotatable bonds is 3. The van der Waals surface area contributed by atoms with Gasteiger partial charge in [-0.25, -0.2) is 4.79 Å². The van der Waals surface area contributed by atoms with Gasteiger partial charge in [-0.05, 0) is 19.3 Å². The van der Waals surface area contributed by atoms with E-state index in [0.29, 0.717) is 19.4 Å². The highest BCUT2D eigenvalue weighted by molar-refractivity contribution is 5.92. The molecule has 2 rings (SSSR count). The maximum Gasteiger partial charge on any atom is 0.328 e. The molecule has 2 aliphatic rings. The third-order valence-electron chi connectivity index (χ3n) is 3.43. The molecule has 0 aromatic heterocycles. The monoisotopic (exact) mass is 241 g/mol. The summed E-state index contributed by atoms with van der Waals surface area (Å²) in [7, 11) is 1.29. The quantitative estimate of drug-likeness (QED) is 0.696. The number of hydrogen-bond acceptors (Lipinski definition) is 4. The van der Waals surface area contributed by atoms with Crippen molar-refractivity contribution in [1.29, 1.82) is 0 Å². The number of amides is 1. The lowest BCUT2D eigenvalue weighted by atomic mass is 10.2. The van der Waals surface area contributed by atoms with Gasteiger partial charge in [0.05, 0.1) is 18.9 Å². The fourth-order valence-electron chi connectivity index (χ4n) is 2.37. The van der Waals surface area contributed by atoms with Crippen molar-refractivity contribution in [2.24, 2.45) is 11.8 Å². The second-order valence-corrected chi connectivity index (χ2v) is 4.50. The van der Waals surface area contributed by atoms with Crippen molar-refractivity contribution in [3.63, 3.8) is 0 Å². The molecule has 0 aromatic rings. The van der Waals surface area contributed by atoms with E-state index in [1.165, 1.54) is 12.0 Å². The Balaban J connectivity index is 2.00. The predicted octanol–water partition coefficient (Wildman–Crippen LogP) is -0.129. The van der Waals surface area contributed by atoms with Crippen LogP contribution in [0.5, 0.6) is 0 Å². The summed E-state index contributed by atoms with van der Waals surface area (Å²) in [5, 5.41) is 8.77. The van der Waals surface area contributed by atoms with Crippen LogP contribution in [0, 0.1) is 11.8 Å². The second kappa shape index (κ2) is 4.35. The first-order chi connectivity index (χ1) is 8.06. The smallest absolute Gasteiger partial charge is 0.328 e. The van der Waals surface area contributed by atoms with Gasteiger partial charge in [0.1, 0.15) is 6.04 Å². The third-order valence-corrected chi connectivity index (χ3v) is 3.43. The Morgan fingerprint density at radius 3 is 2.53 bits per heavy atom. The Labute approximate surface area is 98.5 Å². The van der Waals surface area contributed by atoms with Gasteiger partial charge in [0, 0.05) is 6.54 Å². The van der Waals surface area contributed by atoms with E-state index >= 15 is 0 Å². The van der Waals surface area contributed by atoms with E-state index in [9.17, 15) is 14.4 Å². The molecule has 6 heteroatoms. The first kappa shape index (κ1) is 11.9. The van der Waals surface area contributed by atoms with Gasteiger partial charge in [0.15, 0.2) is 0 Å². The molecule has 94 valence electrons. The fraction of sp³-hybridized carbons (Fsp3) is 0.727. The van der Waals surface area contributed by atoms with Crippen LogP contribution in [-0.2, 0) is 19.1 Å². The molecule has 1 aliphatic heterocycles. The maximum atomic E-state index is 12.0. The first-order valence-electron chi connectivity index (χ1n) is 5.67. The van der Waals surface area contributed by atoms with Crippen molar-refractivity contribution in [3.8, 4) is 0 Å². The number of carboxylic acid groups (broad SMARTS) is 1. The summed E-state index contributed by atoms with van der Waals surface area (Å²) >= 11 is 0. The van der Waals surface area contributed by atoms with Crippen molar-refractivity contribution in [2.45, 2.75) is 25.3 Å².